The highest BCUT2D eigenvalue weighted by atomic mass is 16.5. The maximum absolute atomic E-state index is 5.42. The Kier molecular flexibility index (Phi) is 5.26. The van der Waals surface area contributed by atoms with E-state index >= 15 is 0 Å². The van der Waals surface area contributed by atoms with Crippen molar-refractivity contribution in [1.82, 2.24) is 10.1 Å². The van der Waals surface area contributed by atoms with Gasteiger partial charge in [-0.2, -0.15) is 0 Å². The molecule has 0 radical (unpaired) electrons. The van der Waals surface area contributed by atoms with Crippen LogP contribution in [-0.4, -0.2) is 17.3 Å². The zero-order valence-electron chi connectivity index (χ0n) is 16.0. The Morgan fingerprint density at radius 1 is 1.19 bits per heavy atom. The number of pyridine rings is 1. The smallest absolute Gasteiger partial charge is 0.237 e. The highest BCUT2D eigenvalue weighted by molar-refractivity contribution is 5.72. The summed E-state index contributed by atoms with van der Waals surface area (Å²) >= 11 is 0. The van der Waals surface area contributed by atoms with E-state index in [0.29, 0.717) is 18.3 Å². The van der Waals surface area contributed by atoms with Crippen molar-refractivity contribution < 1.29 is 9.26 Å². The molecule has 5 nitrogen and oxygen atoms in total. The molecule has 0 spiro atoms. The summed E-state index contributed by atoms with van der Waals surface area (Å²) in [6, 6.07) is 10.6. The number of nitrogens with one attached hydrogen (secondary N) is 1. The summed E-state index contributed by atoms with van der Waals surface area (Å²) in [6.07, 6.45) is 1.79. The number of hydrogen-bond donors (Lipinski definition) is 1. The average molecular weight is 351 g/mol. The number of rotatable bonds is 6. The van der Waals surface area contributed by atoms with Crippen molar-refractivity contribution in [3.63, 3.8) is 0 Å². The van der Waals surface area contributed by atoms with Crippen molar-refractivity contribution in [2.45, 2.75) is 40.2 Å². The van der Waals surface area contributed by atoms with Crippen LogP contribution in [0.1, 0.15) is 42.3 Å². The van der Waals surface area contributed by atoms with Gasteiger partial charge in [0, 0.05) is 23.9 Å². The third kappa shape index (κ3) is 3.72. The maximum Gasteiger partial charge on any atom is 0.237 e. The van der Waals surface area contributed by atoms with E-state index in [2.05, 4.69) is 53.6 Å². The van der Waals surface area contributed by atoms with Crippen LogP contribution < -0.4 is 10.1 Å². The van der Waals surface area contributed by atoms with Crippen LogP contribution in [0, 0.1) is 13.8 Å². The molecule has 136 valence electrons. The van der Waals surface area contributed by atoms with Crippen LogP contribution in [0.25, 0.3) is 11.1 Å². The van der Waals surface area contributed by atoms with Crippen molar-refractivity contribution in [2.75, 3.05) is 12.4 Å². The van der Waals surface area contributed by atoms with Gasteiger partial charge in [0.2, 0.25) is 5.88 Å². The van der Waals surface area contributed by atoms with Crippen LogP contribution in [-0.2, 0) is 6.54 Å². The second-order valence-corrected chi connectivity index (χ2v) is 6.73. The summed E-state index contributed by atoms with van der Waals surface area (Å²) < 4.78 is 10.7. The lowest BCUT2D eigenvalue weighted by Crippen LogP contribution is -2.04. The maximum atomic E-state index is 5.42. The van der Waals surface area contributed by atoms with Gasteiger partial charge < -0.3 is 14.6 Å². The molecule has 0 fully saturated rings. The number of aromatic nitrogens is 2. The first-order valence-corrected chi connectivity index (χ1v) is 8.79. The van der Waals surface area contributed by atoms with Crippen LogP contribution in [0.3, 0.4) is 0 Å². The summed E-state index contributed by atoms with van der Waals surface area (Å²) in [4.78, 5) is 4.44. The molecule has 2 aromatic heterocycles. The van der Waals surface area contributed by atoms with Gasteiger partial charge in [-0.1, -0.05) is 43.3 Å². The van der Waals surface area contributed by atoms with Gasteiger partial charge in [0.25, 0.3) is 0 Å². The van der Waals surface area contributed by atoms with E-state index < -0.39 is 0 Å². The normalized spacial score (nSPS) is 11.0. The highest BCUT2D eigenvalue weighted by Crippen LogP contribution is 2.32. The number of nitrogens with zero attached hydrogens (tertiary/aromatic N) is 2. The number of ether oxygens (including phenoxy) is 1. The second-order valence-electron chi connectivity index (χ2n) is 6.73. The van der Waals surface area contributed by atoms with E-state index in [1.54, 1.807) is 13.3 Å². The van der Waals surface area contributed by atoms with Crippen LogP contribution >= 0.6 is 0 Å². The molecule has 0 bridgehead atoms. The fourth-order valence-corrected chi connectivity index (χ4v) is 3.03. The van der Waals surface area contributed by atoms with Gasteiger partial charge >= 0.3 is 0 Å². The van der Waals surface area contributed by atoms with E-state index in [4.69, 9.17) is 9.26 Å². The summed E-state index contributed by atoms with van der Waals surface area (Å²) in [6.45, 7) is 8.94. The first-order valence-electron chi connectivity index (χ1n) is 8.79. The Balaban J connectivity index is 1.87. The summed E-state index contributed by atoms with van der Waals surface area (Å²) in [5.74, 6) is 1.86. The molecule has 1 aromatic carbocycles. The van der Waals surface area contributed by atoms with Crippen molar-refractivity contribution >= 4 is 5.69 Å². The molecule has 0 atom stereocenters. The lowest BCUT2D eigenvalue weighted by atomic mass is 10.0. The quantitative estimate of drug-likeness (QED) is 0.670. The van der Waals surface area contributed by atoms with Crippen LogP contribution in [0.15, 0.2) is 41.1 Å². The number of benzene rings is 1. The molecule has 0 aliphatic heterocycles. The second kappa shape index (κ2) is 7.60. The zero-order valence-corrected chi connectivity index (χ0v) is 16.0. The number of anilines is 1. The largest absolute Gasteiger partial charge is 0.480 e. The Morgan fingerprint density at radius 2 is 2.00 bits per heavy atom. The average Bonchev–Trinajstić information content (AvgIpc) is 2.98. The fraction of sp³-hybridized carbons (Fsp3) is 0.333. The van der Waals surface area contributed by atoms with Crippen LogP contribution in [0.5, 0.6) is 5.88 Å². The number of methoxy groups -OCH3 is 1. The molecule has 0 aliphatic rings. The van der Waals surface area contributed by atoms with Crippen molar-refractivity contribution in [2.24, 2.45) is 0 Å². The standard InChI is InChI=1S/C21H25N3O2/c1-13(2)17-8-6-7-16(9-17)11-22-19-10-18(12-23-21(19)25-5)20-14(3)24-26-15(20)4/h6-10,12-13,22H,11H2,1-5H3. The predicted molar refractivity (Wildman–Crippen MR) is 104 cm³/mol. The predicted octanol–water partition coefficient (Wildman–Crippen LogP) is 5.10. The molecule has 0 saturated heterocycles. The van der Waals surface area contributed by atoms with E-state index in [0.717, 1.165) is 28.3 Å². The first-order chi connectivity index (χ1) is 12.5. The Morgan fingerprint density at radius 3 is 2.65 bits per heavy atom. The molecule has 0 aliphatic carbocycles. The van der Waals surface area contributed by atoms with Crippen molar-refractivity contribution in [3.05, 3.63) is 59.1 Å². The summed E-state index contributed by atoms with van der Waals surface area (Å²) in [5, 5.41) is 7.48. The summed E-state index contributed by atoms with van der Waals surface area (Å²) in [5.41, 5.74) is 6.19. The zero-order chi connectivity index (χ0) is 18.7. The number of hydrogen-bond acceptors (Lipinski definition) is 5. The minimum absolute atomic E-state index is 0.508. The highest BCUT2D eigenvalue weighted by Gasteiger charge is 2.15. The van der Waals surface area contributed by atoms with Gasteiger partial charge in [0.05, 0.1) is 18.5 Å². The molecule has 1 N–H and O–H groups in total. The molecule has 0 unspecified atom stereocenters. The number of aryl methyl sites for hydroxylation is 2. The lowest BCUT2D eigenvalue weighted by Gasteiger charge is -2.13. The van der Waals surface area contributed by atoms with Gasteiger partial charge in [-0.25, -0.2) is 4.98 Å². The van der Waals surface area contributed by atoms with E-state index in [1.807, 2.05) is 19.9 Å². The van der Waals surface area contributed by atoms with Crippen molar-refractivity contribution in [3.8, 4) is 17.0 Å². The topological polar surface area (TPSA) is 60.2 Å². The van der Waals surface area contributed by atoms with Crippen molar-refractivity contribution in [1.29, 1.82) is 0 Å². The molecule has 3 aromatic rings. The third-order valence-electron chi connectivity index (χ3n) is 4.47. The third-order valence-corrected chi connectivity index (χ3v) is 4.47. The Labute approximate surface area is 154 Å². The van der Waals surface area contributed by atoms with Gasteiger partial charge in [0.15, 0.2) is 0 Å². The van der Waals surface area contributed by atoms with E-state index in [9.17, 15) is 0 Å². The first kappa shape index (κ1) is 18.0. The van der Waals surface area contributed by atoms with Gasteiger partial charge in [-0.05, 0) is 37.0 Å². The molecular formula is C21H25N3O2. The molecule has 3 rings (SSSR count). The molecule has 0 saturated carbocycles. The van der Waals surface area contributed by atoms with E-state index in [-0.39, 0.29) is 0 Å². The van der Waals surface area contributed by atoms with E-state index in [1.165, 1.54) is 11.1 Å². The summed E-state index contributed by atoms with van der Waals surface area (Å²) in [7, 11) is 1.63. The molecule has 26 heavy (non-hydrogen) atoms. The Hall–Kier alpha value is -2.82. The molecular weight excluding hydrogens is 326 g/mol. The molecule has 2 heterocycles. The Bertz CT molecular complexity index is 881. The SMILES string of the molecule is COc1ncc(-c2c(C)noc2C)cc1NCc1cccc(C(C)C)c1. The van der Waals surface area contributed by atoms with Gasteiger partial charge in [0.1, 0.15) is 5.76 Å². The van der Waals surface area contributed by atoms with Crippen LogP contribution in [0.2, 0.25) is 0 Å². The van der Waals surface area contributed by atoms with Gasteiger partial charge in [-0.15, -0.1) is 0 Å². The van der Waals surface area contributed by atoms with Crippen LogP contribution in [0.4, 0.5) is 5.69 Å². The monoisotopic (exact) mass is 351 g/mol. The minimum atomic E-state index is 0.508. The lowest BCUT2D eigenvalue weighted by molar-refractivity contribution is 0.393. The minimum Gasteiger partial charge on any atom is -0.480 e. The molecule has 0 amide bonds. The van der Waals surface area contributed by atoms with Gasteiger partial charge in [-0.3, -0.25) is 0 Å². The fourth-order valence-electron chi connectivity index (χ4n) is 3.03. The molecule has 5 heteroatoms.